The molecule has 0 radical (unpaired) electrons. The maximum Gasteiger partial charge on any atom is 0.0718 e. The third-order valence-electron chi connectivity index (χ3n) is 2.23. The van der Waals surface area contributed by atoms with Crippen LogP contribution in [-0.2, 0) is 0 Å². The fraction of sp³-hybridized carbons (Fsp3) is 0.889. The third-order valence-corrected chi connectivity index (χ3v) is 2.23. The van der Waals surface area contributed by atoms with Crippen LogP contribution in [0.4, 0.5) is 0 Å². The molecule has 0 aliphatic carbocycles. The minimum atomic E-state index is -0.600. The highest BCUT2D eigenvalue weighted by Crippen LogP contribution is 2.11. The van der Waals surface area contributed by atoms with Crippen LogP contribution in [0.2, 0.25) is 0 Å². The summed E-state index contributed by atoms with van der Waals surface area (Å²) in [4.78, 5) is 2.24. The number of β-amino-alcohol motifs (C(OH)–C–C–N with tert-alkyl or cyclic N) is 1. The van der Waals surface area contributed by atoms with Crippen molar-refractivity contribution < 1.29 is 5.11 Å². The van der Waals surface area contributed by atoms with Crippen LogP contribution in [0, 0.1) is 0 Å². The Kier molecular flexibility index (Phi) is 3.27. The number of piperidine rings is 1. The quantitative estimate of drug-likeness (QED) is 0.476. The van der Waals surface area contributed by atoms with Crippen molar-refractivity contribution in [3.05, 3.63) is 0 Å². The summed E-state index contributed by atoms with van der Waals surface area (Å²) in [6.07, 6.45) is 1.87. The van der Waals surface area contributed by atoms with Gasteiger partial charge in [-0.05, 0) is 13.8 Å². The van der Waals surface area contributed by atoms with Gasteiger partial charge in [-0.2, -0.15) is 5.10 Å². The van der Waals surface area contributed by atoms with Gasteiger partial charge in [0.1, 0.15) is 0 Å². The summed E-state index contributed by atoms with van der Waals surface area (Å²) >= 11 is 0. The number of hydrogen-bond acceptors (Lipinski definition) is 4. The van der Waals surface area contributed by atoms with E-state index in [0.29, 0.717) is 0 Å². The van der Waals surface area contributed by atoms with Crippen LogP contribution < -0.4 is 5.84 Å². The number of hydrazone groups is 1. The van der Waals surface area contributed by atoms with Gasteiger partial charge in [0.25, 0.3) is 0 Å². The molecule has 0 spiro atoms. The number of hydrogen-bond donors (Lipinski definition) is 2. The van der Waals surface area contributed by atoms with E-state index in [0.717, 1.165) is 38.2 Å². The van der Waals surface area contributed by atoms with Gasteiger partial charge in [-0.15, -0.1) is 0 Å². The summed E-state index contributed by atoms with van der Waals surface area (Å²) in [5, 5.41) is 13.3. The Morgan fingerprint density at radius 1 is 1.46 bits per heavy atom. The first-order chi connectivity index (χ1) is 6.01. The predicted octanol–water partition coefficient (Wildman–Crippen LogP) is 0.168. The molecule has 0 aromatic heterocycles. The Morgan fingerprint density at radius 3 is 2.38 bits per heavy atom. The average molecular weight is 185 g/mol. The van der Waals surface area contributed by atoms with Gasteiger partial charge in [-0.25, -0.2) is 0 Å². The monoisotopic (exact) mass is 185 g/mol. The number of rotatable bonds is 2. The van der Waals surface area contributed by atoms with Crippen LogP contribution in [0.25, 0.3) is 0 Å². The van der Waals surface area contributed by atoms with Gasteiger partial charge in [0.15, 0.2) is 0 Å². The Hall–Kier alpha value is -0.610. The maximum atomic E-state index is 9.60. The smallest absolute Gasteiger partial charge is 0.0718 e. The summed E-state index contributed by atoms with van der Waals surface area (Å²) in [7, 11) is 0. The van der Waals surface area contributed by atoms with Gasteiger partial charge in [-0.1, -0.05) is 0 Å². The highest BCUT2D eigenvalue weighted by Gasteiger charge is 2.21. The second-order valence-electron chi connectivity index (χ2n) is 4.28. The van der Waals surface area contributed by atoms with Gasteiger partial charge in [0.05, 0.1) is 5.60 Å². The van der Waals surface area contributed by atoms with Crippen molar-refractivity contribution in [2.75, 3.05) is 19.6 Å². The molecule has 1 rings (SSSR count). The third kappa shape index (κ3) is 3.74. The fourth-order valence-corrected chi connectivity index (χ4v) is 1.65. The van der Waals surface area contributed by atoms with Gasteiger partial charge in [0.2, 0.25) is 0 Å². The summed E-state index contributed by atoms with van der Waals surface area (Å²) in [5.41, 5.74) is 0.490. The zero-order chi connectivity index (χ0) is 9.90. The Balaban J connectivity index is 2.33. The zero-order valence-electron chi connectivity index (χ0n) is 8.45. The van der Waals surface area contributed by atoms with Gasteiger partial charge < -0.3 is 10.9 Å². The van der Waals surface area contributed by atoms with Crippen molar-refractivity contribution in [3.8, 4) is 0 Å². The maximum absolute atomic E-state index is 9.60. The molecule has 1 fully saturated rings. The van der Waals surface area contributed by atoms with Crippen LogP contribution in [0.15, 0.2) is 5.10 Å². The van der Waals surface area contributed by atoms with Crippen molar-refractivity contribution in [1.82, 2.24) is 4.90 Å². The largest absolute Gasteiger partial charge is 0.389 e. The zero-order valence-corrected chi connectivity index (χ0v) is 8.45. The van der Waals surface area contributed by atoms with Crippen molar-refractivity contribution in [3.63, 3.8) is 0 Å². The molecule has 0 bridgehead atoms. The van der Waals surface area contributed by atoms with Crippen molar-refractivity contribution in [2.24, 2.45) is 10.9 Å². The van der Waals surface area contributed by atoms with Crippen molar-refractivity contribution >= 4 is 5.71 Å². The van der Waals surface area contributed by atoms with E-state index in [9.17, 15) is 5.11 Å². The van der Waals surface area contributed by atoms with Gasteiger partial charge >= 0.3 is 0 Å². The number of aliphatic hydroxyl groups is 1. The first-order valence-corrected chi connectivity index (χ1v) is 4.71. The number of nitrogens with zero attached hydrogens (tertiary/aromatic N) is 2. The van der Waals surface area contributed by atoms with E-state index in [-0.39, 0.29) is 0 Å². The highest BCUT2D eigenvalue weighted by molar-refractivity contribution is 5.85. The van der Waals surface area contributed by atoms with E-state index in [1.807, 2.05) is 13.8 Å². The molecular formula is C9H19N3O. The summed E-state index contributed by atoms with van der Waals surface area (Å²) in [5.74, 6) is 5.20. The van der Waals surface area contributed by atoms with Gasteiger partial charge in [-0.3, -0.25) is 4.90 Å². The number of nitrogens with two attached hydrogens (primary N) is 1. The summed E-state index contributed by atoms with van der Waals surface area (Å²) in [6, 6.07) is 0. The molecule has 0 unspecified atom stereocenters. The second-order valence-corrected chi connectivity index (χ2v) is 4.28. The van der Waals surface area contributed by atoms with E-state index >= 15 is 0 Å². The lowest BCUT2D eigenvalue weighted by Crippen LogP contribution is -2.43. The molecular weight excluding hydrogens is 166 g/mol. The van der Waals surface area contributed by atoms with E-state index < -0.39 is 5.60 Å². The molecule has 0 saturated carbocycles. The summed E-state index contributed by atoms with van der Waals surface area (Å²) < 4.78 is 0. The normalized spacial score (nSPS) is 20.4. The minimum absolute atomic E-state index is 0.600. The highest BCUT2D eigenvalue weighted by atomic mass is 16.3. The van der Waals surface area contributed by atoms with Gasteiger partial charge in [0, 0.05) is 38.2 Å². The Labute approximate surface area is 79.4 Å². The summed E-state index contributed by atoms with van der Waals surface area (Å²) in [6.45, 7) is 6.31. The second kappa shape index (κ2) is 4.07. The predicted molar refractivity (Wildman–Crippen MR) is 53.6 cm³/mol. The molecule has 4 heteroatoms. The lowest BCUT2D eigenvalue weighted by atomic mass is 10.1. The van der Waals surface area contributed by atoms with Crippen molar-refractivity contribution in [2.45, 2.75) is 32.3 Å². The lowest BCUT2D eigenvalue weighted by Gasteiger charge is -2.32. The molecule has 3 N–H and O–H groups in total. The molecule has 0 aromatic carbocycles. The molecule has 0 aromatic rings. The van der Waals surface area contributed by atoms with Crippen LogP contribution >= 0.6 is 0 Å². The molecule has 0 atom stereocenters. The molecule has 76 valence electrons. The van der Waals surface area contributed by atoms with Crippen LogP contribution in [0.1, 0.15) is 26.7 Å². The van der Waals surface area contributed by atoms with E-state index in [2.05, 4.69) is 10.0 Å². The molecule has 4 nitrogen and oxygen atoms in total. The fourth-order valence-electron chi connectivity index (χ4n) is 1.65. The van der Waals surface area contributed by atoms with Crippen LogP contribution in [-0.4, -0.2) is 41.0 Å². The lowest BCUT2D eigenvalue weighted by molar-refractivity contribution is 0.0360. The van der Waals surface area contributed by atoms with Crippen molar-refractivity contribution in [1.29, 1.82) is 0 Å². The van der Waals surface area contributed by atoms with E-state index in [1.165, 1.54) is 0 Å². The van der Waals surface area contributed by atoms with E-state index in [1.54, 1.807) is 0 Å². The average Bonchev–Trinajstić information content (AvgIpc) is 2.03. The topological polar surface area (TPSA) is 61.8 Å². The molecule has 1 saturated heterocycles. The molecule has 1 aliphatic rings. The SMILES string of the molecule is CC(C)(O)CN1CCC(=NN)CC1. The Morgan fingerprint density at radius 2 is 2.00 bits per heavy atom. The minimum Gasteiger partial charge on any atom is -0.389 e. The Bertz CT molecular complexity index is 186. The van der Waals surface area contributed by atoms with E-state index in [4.69, 9.17) is 5.84 Å². The molecule has 13 heavy (non-hydrogen) atoms. The first kappa shape index (κ1) is 10.5. The van der Waals surface area contributed by atoms with Crippen LogP contribution in [0.3, 0.4) is 0 Å². The number of likely N-dealkylation sites (tertiary alicyclic amines) is 1. The molecule has 1 heterocycles. The van der Waals surface area contributed by atoms with Crippen LogP contribution in [0.5, 0.6) is 0 Å². The molecule has 0 amide bonds. The standard InChI is InChI=1S/C9H19N3O/c1-9(2,13)7-12-5-3-8(11-10)4-6-12/h13H,3-7,10H2,1-2H3. The molecule has 1 aliphatic heterocycles. The first-order valence-electron chi connectivity index (χ1n) is 4.71.